The number of carboxylic acid groups (broad SMARTS) is 1. The summed E-state index contributed by atoms with van der Waals surface area (Å²) in [5.74, 6) is -0.907. The van der Waals surface area contributed by atoms with E-state index in [0.717, 1.165) is 11.3 Å². The molecule has 0 saturated carbocycles. The van der Waals surface area contributed by atoms with Gasteiger partial charge in [-0.05, 0) is 0 Å². The summed E-state index contributed by atoms with van der Waals surface area (Å²) in [6.45, 7) is 2.28. The molecule has 0 fully saturated rings. The summed E-state index contributed by atoms with van der Waals surface area (Å²) in [4.78, 5) is 14.9. The molecule has 12 heavy (non-hydrogen) atoms. The molecule has 0 aromatic carbocycles. The highest BCUT2D eigenvalue weighted by Gasteiger charge is 2.17. The highest BCUT2D eigenvalue weighted by molar-refractivity contribution is 7.11. The molecule has 1 atom stereocenters. The van der Waals surface area contributed by atoms with E-state index in [9.17, 15) is 4.79 Å². The summed E-state index contributed by atoms with van der Waals surface area (Å²) in [5.41, 5.74) is 7.53. The number of hydrogen-bond acceptors (Lipinski definition) is 4. The van der Waals surface area contributed by atoms with Crippen molar-refractivity contribution in [2.24, 2.45) is 5.73 Å². The molecule has 1 rings (SSSR count). The summed E-state index contributed by atoms with van der Waals surface area (Å²) >= 11 is 1.14. The first kappa shape index (κ1) is 9.15. The first-order valence-electron chi connectivity index (χ1n) is 3.53. The molecule has 5 heteroatoms. The number of nitrogens with zero attached hydrogens (tertiary/aromatic N) is 1. The van der Waals surface area contributed by atoms with Crippen molar-refractivity contribution in [2.75, 3.05) is 6.54 Å². The van der Waals surface area contributed by atoms with Gasteiger partial charge in [-0.25, -0.2) is 9.78 Å². The molecule has 0 amide bonds. The SMILES string of the molecule is CC(CN)c1ncsc1C(=O)O. The Balaban J connectivity index is 2.98. The molecular formula is C7H10N2O2S. The Morgan fingerprint density at radius 1 is 1.92 bits per heavy atom. The lowest BCUT2D eigenvalue weighted by atomic mass is 10.1. The highest BCUT2D eigenvalue weighted by Crippen LogP contribution is 2.20. The van der Waals surface area contributed by atoms with Gasteiger partial charge in [0.2, 0.25) is 0 Å². The molecule has 0 spiro atoms. The van der Waals surface area contributed by atoms with Crippen molar-refractivity contribution in [1.82, 2.24) is 4.98 Å². The predicted octanol–water partition coefficient (Wildman–Crippen LogP) is 0.904. The van der Waals surface area contributed by atoms with Crippen LogP contribution in [-0.4, -0.2) is 22.6 Å². The molecule has 0 saturated heterocycles. The van der Waals surface area contributed by atoms with Crippen molar-refractivity contribution >= 4 is 17.3 Å². The molecule has 66 valence electrons. The van der Waals surface area contributed by atoms with Gasteiger partial charge in [-0.2, -0.15) is 0 Å². The molecule has 4 nitrogen and oxygen atoms in total. The summed E-state index contributed by atoms with van der Waals surface area (Å²) in [6.07, 6.45) is 0. The number of thiazole rings is 1. The Labute approximate surface area is 74.0 Å². The molecule has 0 bridgehead atoms. The Morgan fingerprint density at radius 2 is 2.58 bits per heavy atom. The molecule has 3 N–H and O–H groups in total. The summed E-state index contributed by atoms with van der Waals surface area (Å²) in [5, 5.41) is 8.73. The van der Waals surface area contributed by atoms with Crippen molar-refractivity contribution in [3.05, 3.63) is 16.1 Å². The second kappa shape index (κ2) is 3.64. The zero-order chi connectivity index (χ0) is 9.14. The van der Waals surface area contributed by atoms with Gasteiger partial charge >= 0.3 is 5.97 Å². The fourth-order valence-electron chi connectivity index (χ4n) is 0.877. The maximum absolute atomic E-state index is 10.6. The zero-order valence-corrected chi connectivity index (χ0v) is 7.47. The third-order valence-electron chi connectivity index (χ3n) is 1.61. The summed E-state index contributed by atoms with van der Waals surface area (Å²) in [6, 6.07) is 0. The van der Waals surface area contributed by atoms with Crippen LogP contribution in [0.5, 0.6) is 0 Å². The van der Waals surface area contributed by atoms with Crippen LogP contribution in [0, 0.1) is 0 Å². The lowest BCUT2D eigenvalue weighted by Crippen LogP contribution is -2.12. The molecule has 0 radical (unpaired) electrons. The Bertz CT molecular complexity index is 285. The van der Waals surface area contributed by atoms with E-state index >= 15 is 0 Å². The van der Waals surface area contributed by atoms with E-state index in [0.29, 0.717) is 17.1 Å². The average molecular weight is 186 g/mol. The third-order valence-corrected chi connectivity index (χ3v) is 2.44. The van der Waals surface area contributed by atoms with Crippen molar-refractivity contribution in [1.29, 1.82) is 0 Å². The van der Waals surface area contributed by atoms with Crippen molar-refractivity contribution in [3.8, 4) is 0 Å². The third kappa shape index (κ3) is 1.62. The van der Waals surface area contributed by atoms with E-state index in [1.807, 2.05) is 6.92 Å². The number of hydrogen-bond donors (Lipinski definition) is 2. The molecule has 1 heterocycles. The van der Waals surface area contributed by atoms with E-state index < -0.39 is 5.97 Å². The minimum atomic E-state index is -0.923. The molecular weight excluding hydrogens is 176 g/mol. The van der Waals surface area contributed by atoms with Gasteiger partial charge in [0.1, 0.15) is 4.88 Å². The van der Waals surface area contributed by atoms with Crippen LogP contribution in [0.1, 0.15) is 28.2 Å². The van der Waals surface area contributed by atoms with Crippen molar-refractivity contribution < 1.29 is 9.90 Å². The van der Waals surface area contributed by atoms with Crippen LogP contribution in [0.3, 0.4) is 0 Å². The smallest absolute Gasteiger partial charge is 0.347 e. The van der Waals surface area contributed by atoms with Gasteiger partial charge in [0.15, 0.2) is 0 Å². The maximum Gasteiger partial charge on any atom is 0.347 e. The Kier molecular flexibility index (Phi) is 2.78. The molecule has 1 aromatic rings. The van der Waals surface area contributed by atoms with Gasteiger partial charge in [0.05, 0.1) is 11.2 Å². The van der Waals surface area contributed by atoms with Gasteiger partial charge in [-0.15, -0.1) is 11.3 Å². The number of aromatic carboxylic acids is 1. The lowest BCUT2D eigenvalue weighted by molar-refractivity contribution is 0.0700. The Morgan fingerprint density at radius 3 is 3.08 bits per heavy atom. The van der Waals surface area contributed by atoms with Gasteiger partial charge in [-0.3, -0.25) is 0 Å². The van der Waals surface area contributed by atoms with E-state index in [1.54, 1.807) is 0 Å². The normalized spacial score (nSPS) is 12.8. The number of nitrogens with two attached hydrogens (primary N) is 1. The van der Waals surface area contributed by atoms with Crippen LogP contribution in [0.15, 0.2) is 5.51 Å². The van der Waals surface area contributed by atoms with Crippen LogP contribution in [-0.2, 0) is 0 Å². The van der Waals surface area contributed by atoms with Crippen LogP contribution in [0.4, 0.5) is 0 Å². The largest absolute Gasteiger partial charge is 0.477 e. The summed E-state index contributed by atoms with van der Waals surface area (Å²) in [7, 11) is 0. The lowest BCUT2D eigenvalue weighted by Gasteiger charge is -2.04. The molecule has 0 aliphatic heterocycles. The maximum atomic E-state index is 10.6. The monoisotopic (exact) mass is 186 g/mol. The number of aromatic nitrogens is 1. The van der Waals surface area contributed by atoms with Crippen LogP contribution >= 0.6 is 11.3 Å². The first-order chi connectivity index (χ1) is 5.66. The molecule has 0 aliphatic carbocycles. The minimum absolute atomic E-state index is 0.0161. The fraction of sp³-hybridized carbons (Fsp3) is 0.429. The molecule has 1 unspecified atom stereocenters. The van der Waals surface area contributed by atoms with Crippen molar-refractivity contribution in [3.63, 3.8) is 0 Å². The van der Waals surface area contributed by atoms with Crippen LogP contribution < -0.4 is 5.73 Å². The van der Waals surface area contributed by atoms with Crippen LogP contribution in [0.2, 0.25) is 0 Å². The predicted molar refractivity (Wildman–Crippen MR) is 46.5 cm³/mol. The van der Waals surface area contributed by atoms with E-state index in [4.69, 9.17) is 10.8 Å². The van der Waals surface area contributed by atoms with Crippen molar-refractivity contribution in [2.45, 2.75) is 12.8 Å². The second-order valence-electron chi connectivity index (χ2n) is 2.51. The standard InChI is InChI=1S/C7H10N2O2S/c1-4(2-8)5-6(7(10)11)12-3-9-5/h3-4H,2,8H2,1H3,(H,10,11). The minimum Gasteiger partial charge on any atom is -0.477 e. The molecule has 1 aromatic heterocycles. The van der Waals surface area contributed by atoms with Gasteiger partial charge in [0, 0.05) is 12.5 Å². The summed E-state index contributed by atoms with van der Waals surface area (Å²) < 4.78 is 0. The quantitative estimate of drug-likeness (QED) is 0.735. The number of rotatable bonds is 3. The van der Waals surface area contributed by atoms with Crippen LogP contribution in [0.25, 0.3) is 0 Å². The second-order valence-corrected chi connectivity index (χ2v) is 3.36. The zero-order valence-electron chi connectivity index (χ0n) is 6.65. The highest BCUT2D eigenvalue weighted by atomic mass is 32.1. The molecule has 0 aliphatic rings. The topological polar surface area (TPSA) is 76.2 Å². The van der Waals surface area contributed by atoms with E-state index in [1.165, 1.54) is 5.51 Å². The fourth-order valence-corrected chi connectivity index (χ4v) is 1.62. The first-order valence-corrected chi connectivity index (χ1v) is 4.41. The van der Waals surface area contributed by atoms with Gasteiger partial charge < -0.3 is 10.8 Å². The van der Waals surface area contributed by atoms with E-state index in [2.05, 4.69) is 4.98 Å². The average Bonchev–Trinajstić information content (AvgIpc) is 2.50. The number of carbonyl (C=O) groups is 1. The Hall–Kier alpha value is -0.940. The van der Waals surface area contributed by atoms with Gasteiger partial charge in [0.25, 0.3) is 0 Å². The van der Waals surface area contributed by atoms with Gasteiger partial charge in [-0.1, -0.05) is 6.92 Å². The number of carboxylic acids is 1. The van der Waals surface area contributed by atoms with E-state index in [-0.39, 0.29) is 5.92 Å².